The average molecular weight is 255 g/mol. The molecule has 0 saturated heterocycles. The summed E-state index contributed by atoms with van der Waals surface area (Å²) in [7, 11) is 0. The topological polar surface area (TPSA) is 43.4 Å². The molecular formula is C13H15ClO3. The number of carbonyl (C=O) groups excluding carboxylic acids is 2. The molecule has 1 aromatic rings. The Bertz CT molecular complexity index is 427. The first-order chi connectivity index (χ1) is 8.10. The first kappa shape index (κ1) is 13.7. The molecule has 0 aliphatic rings. The maximum Gasteiger partial charge on any atom is 0.338 e. The zero-order valence-corrected chi connectivity index (χ0v) is 10.7. The molecule has 0 radical (unpaired) electrons. The Labute approximate surface area is 106 Å². The fourth-order valence-corrected chi connectivity index (χ4v) is 1.71. The van der Waals surface area contributed by atoms with E-state index in [-0.39, 0.29) is 11.8 Å². The zero-order valence-electron chi connectivity index (χ0n) is 9.96. The minimum atomic E-state index is -0.369. The number of ketones is 1. The van der Waals surface area contributed by atoms with Crippen molar-refractivity contribution >= 4 is 23.4 Å². The van der Waals surface area contributed by atoms with Crippen molar-refractivity contribution < 1.29 is 14.3 Å². The number of ether oxygens (including phenoxy) is 1. The van der Waals surface area contributed by atoms with E-state index >= 15 is 0 Å². The molecule has 0 fully saturated rings. The average Bonchev–Trinajstić information content (AvgIpc) is 2.29. The maximum atomic E-state index is 11.7. The van der Waals surface area contributed by atoms with Gasteiger partial charge >= 0.3 is 5.97 Å². The van der Waals surface area contributed by atoms with Crippen LogP contribution in [0.5, 0.6) is 0 Å². The van der Waals surface area contributed by atoms with Crippen LogP contribution in [0.3, 0.4) is 0 Å². The van der Waals surface area contributed by atoms with Crippen molar-refractivity contribution in [2.75, 3.05) is 12.5 Å². The lowest BCUT2D eigenvalue weighted by Gasteiger charge is -2.06. The van der Waals surface area contributed by atoms with Crippen molar-refractivity contribution in [1.82, 2.24) is 0 Å². The van der Waals surface area contributed by atoms with Crippen LogP contribution in [0.4, 0.5) is 0 Å². The van der Waals surface area contributed by atoms with Crippen LogP contribution in [-0.2, 0) is 4.74 Å². The Hall–Kier alpha value is -1.35. The monoisotopic (exact) mass is 254 g/mol. The Morgan fingerprint density at radius 3 is 2.59 bits per heavy atom. The minimum Gasteiger partial charge on any atom is -0.462 e. The second-order valence-corrected chi connectivity index (χ2v) is 3.99. The van der Waals surface area contributed by atoms with Crippen LogP contribution in [0.1, 0.15) is 39.6 Å². The van der Waals surface area contributed by atoms with E-state index < -0.39 is 0 Å². The molecule has 0 amide bonds. The van der Waals surface area contributed by atoms with E-state index in [0.717, 1.165) is 5.56 Å². The summed E-state index contributed by atoms with van der Waals surface area (Å²) in [6, 6.07) is 4.92. The summed E-state index contributed by atoms with van der Waals surface area (Å²) >= 11 is 5.53. The lowest BCUT2D eigenvalue weighted by atomic mass is 10.0. The van der Waals surface area contributed by atoms with E-state index in [2.05, 4.69) is 0 Å². The van der Waals surface area contributed by atoms with Gasteiger partial charge in [-0.15, -0.1) is 11.6 Å². The molecule has 17 heavy (non-hydrogen) atoms. The van der Waals surface area contributed by atoms with E-state index in [0.29, 0.717) is 30.0 Å². The summed E-state index contributed by atoms with van der Waals surface area (Å²) in [6.07, 6.45) is 0.307. The molecule has 0 N–H and O–H groups in total. The van der Waals surface area contributed by atoms with Gasteiger partial charge in [0.05, 0.1) is 12.2 Å². The van der Waals surface area contributed by atoms with Crippen LogP contribution < -0.4 is 0 Å². The standard InChI is InChI=1S/C13H15ClO3/c1-3-17-13(16)10-4-5-11(9(2)8-10)12(15)6-7-14/h4-5,8H,3,6-7H2,1-2H3. The minimum absolute atomic E-state index is 0.00657. The fourth-order valence-electron chi connectivity index (χ4n) is 1.54. The Balaban J connectivity index is 2.93. The molecule has 0 aliphatic carbocycles. The van der Waals surface area contributed by atoms with Gasteiger partial charge in [-0.3, -0.25) is 4.79 Å². The number of hydrogen-bond donors (Lipinski definition) is 0. The third-order valence-electron chi connectivity index (χ3n) is 2.36. The van der Waals surface area contributed by atoms with Crippen molar-refractivity contribution in [1.29, 1.82) is 0 Å². The predicted molar refractivity (Wildman–Crippen MR) is 66.8 cm³/mol. The van der Waals surface area contributed by atoms with Gasteiger partial charge in [-0.2, -0.15) is 0 Å². The van der Waals surface area contributed by atoms with Crippen LogP contribution in [0, 0.1) is 6.92 Å². The van der Waals surface area contributed by atoms with Gasteiger partial charge in [0.2, 0.25) is 0 Å². The van der Waals surface area contributed by atoms with E-state index in [1.165, 1.54) is 0 Å². The molecule has 0 aromatic heterocycles. The van der Waals surface area contributed by atoms with E-state index in [1.54, 1.807) is 32.0 Å². The quantitative estimate of drug-likeness (QED) is 0.461. The summed E-state index contributed by atoms with van der Waals surface area (Å²) in [5.41, 5.74) is 1.84. The third-order valence-corrected chi connectivity index (χ3v) is 2.55. The number of aryl methyl sites for hydroxylation is 1. The van der Waals surface area contributed by atoms with Crippen LogP contribution in [0.15, 0.2) is 18.2 Å². The molecule has 1 rings (SSSR count). The van der Waals surface area contributed by atoms with Gasteiger partial charge in [-0.1, -0.05) is 6.07 Å². The molecule has 3 nitrogen and oxygen atoms in total. The summed E-state index contributed by atoms with van der Waals surface area (Å²) in [6.45, 7) is 3.89. The summed E-state index contributed by atoms with van der Waals surface area (Å²) in [5.74, 6) is -0.0717. The highest BCUT2D eigenvalue weighted by atomic mass is 35.5. The lowest BCUT2D eigenvalue weighted by Crippen LogP contribution is -2.07. The van der Waals surface area contributed by atoms with Crippen molar-refractivity contribution in [2.24, 2.45) is 0 Å². The molecule has 4 heteroatoms. The summed E-state index contributed by atoms with van der Waals surface area (Å²) in [4.78, 5) is 23.1. The van der Waals surface area contributed by atoms with Crippen molar-refractivity contribution in [3.63, 3.8) is 0 Å². The molecule has 0 atom stereocenters. The molecule has 0 unspecified atom stereocenters. The van der Waals surface area contributed by atoms with E-state index in [4.69, 9.17) is 16.3 Å². The van der Waals surface area contributed by atoms with E-state index in [1.807, 2.05) is 0 Å². The highest BCUT2D eigenvalue weighted by Crippen LogP contribution is 2.14. The SMILES string of the molecule is CCOC(=O)c1ccc(C(=O)CCCl)c(C)c1. The largest absolute Gasteiger partial charge is 0.462 e. The molecule has 0 spiro atoms. The van der Waals surface area contributed by atoms with Crippen molar-refractivity contribution in [3.05, 3.63) is 34.9 Å². The molecule has 0 aliphatic heterocycles. The van der Waals surface area contributed by atoms with Gasteiger partial charge in [-0.25, -0.2) is 4.79 Å². The number of rotatable bonds is 5. The van der Waals surface area contributed by atoms with Crippen LogP contribution >= 0.6 is 11.6 Å². The second kappa shape index (κ2) is 6.40. The molecule has 0 bridgehead atoms. The molecule has 92 valence electrons. The number of esters is 1. The fraction of sp³-hybridized carbons (Fsp3) is 0.385. The first-order valence-corrected chi connectivity index (χ1v) is 6.00. The lowest BCUT2D eigenvalue weighted by molar-refractivity contribution is 0.0526. The van der Waals surface area contributed by atoms with Crippen molar-refractivity contribution in [2.45, 2.75) is 20.3 Å². The summed E-state index contributed by atoms with van der Waals surface area (Å²) < 4.78 is 4.89. The molecule has 1 aromatic carbocycles. The molecule has 0 heterocycles. The number of carbonyl (C=O) groups is 2. The van der Waals surface area contributed by atoms with Gasteiger partial charge in [0.25, 0.3) is 0 Å². The Morgan fingerprint density at radius 1 is 1.35 bits per heavy atom. The second-order valence-electron chi connectivity index (χ2n) is 3.61. The van der Waals surface area contributed by atoms with Gasteiger partial charge < -0.3 is 4.74 Å². The van der Waals surface area contributed by atoms with Gasteiger partial charge in [-0.05, 0) is 31.5 Å². The maximum absolute atomic E-state index is 11.7. The Morgan fingerprint density at radius 2 is 2.06 bits per heavy atom. The van der Waals surface area contributed by atoms with Gasteiger partial charge in [0.15, 0.2) is 5.78 Å². The number of hydrogen-bond acceptors (Lipinski definition) is 3. The Kier molecular flexibility index (Phi) is 5.16. The van der Waals surface area contributed by atoms with E-state index in [9.17, 15) is 9.59 Å². The number of benzene rings is 1. The van der Waals surface area contributed by atoms with Crippen LogP contribution in [-0.4, -0.2) is 24.2 Å². The highest BCUT2D eigenvalue weighted by molar-refractivity contribution is 6.19. The molecular weight excluding hydrogens is 240 g/mol. The number of Topliss-reactive ketones (excluding diaryl/α,β-unsaturated/α-hetero) is 1. The van der Waals surface area contributed by atoms with Crippen LogP contribution in [0.25, 0.3) is 0 Å². The molecule has 0 saturated carbocycles. The highest BCUT2D eigenvalue weighted by Gasteiger charge is 2.12. The zero-order chi connectivity index (χ0) is 12.8. The van der Waals surface area contributed by atoms with Gasteiger partial charge in [0.1, 0.15) is 0 Å². The summed E-state index contributed by atoms with van der Waals surface area (Å²) in [5, 5.41) is 0. The van der Waals surface area contributed by atoms with Gasteiger partial charge in [0, 0.05) is 17.9 Å². The number of halogens is 1. The number of alkyl halides is 1. The normalized spacial score (nSPS) is 10.1. The third kappa shape index (κ3) is 3.56. The van der Waals surface area contributed by atoms with Crippen molar-refractivity contribution in [3.8, 4) is 0 Å². The predicted octanol–water partition coefficient (Wildman–Crippen LogP) is 2.98. The first-order valence-electron chi connectivity index (χ1n) is 5.47. The smallest absolute Gasteiger partial charge is 0.338 e. The van der Waals surface area contributed by atoms with Crippen LogP contribution in [0.2, 0.25) is 0 Å².